The highest BCUT2D eigenvalue weighted by Gasteiger charge is 2.17. The van der Waals surface area contributed by atoms with Crippen LogP contribution in [0.15, 0.2) is 46.5 Å². The topological polar surface area (TPSA) is 135 Å². The molecule has 0 unspecified atom stereocenters. The Morgan fingerprint density at radius 2 is 2.00 bits per heavy atom. The van der Waals surface area contributed by atoms with Crippen LogP contribution in [0, 0.1) is 0 Å². The largest absolute Gasteiger partial charge is 0.332 e. The van der Waals surface area contributed by atoms with Crippen LogP contribution in [0.5, 0.6) is 0 Å². The number of aryl methyl sites for hydroxylation is 2. The van der Waals surface area contributed by atoms with Crippen LogP contribution in [0.3, 0.4) is 0 Å². The van der Waals surface area contributed by atoms with E-state index in [1.807, 2.05) is 0 Å². The lowest BCUT2D eigenvalue weighted by Crippen LogP contribution is -2.42. The molecule has 3 aromatic heterocycles. The molecule has 0 bridgehead atoms. The fourth-order valence-corrected chi connectivity index (χ4v) is 2.89. The normalized spacial score (nSPS) is 11.1. The van der Waals surface area contributed by atoms with Crippen LogP contribution in [0.25, 0.3) is 16.9 Å². The van der Waals surface area contributed by atoms with Gasteiger partial charge in [0.15, 0.2) is 11.2 Å². The Morgan fingerprint density at radius 3 is 2.75 bits per heavy atom. The highest BCUT2D eigenvalue weighted by Crippen LogP contribution is 2.13. The third-order valence-electron chi connectivity index (χ3n) is 4.25. The molecule has 1 N–H and O–H groups in total. The number of imidazole rings is 1. The highest BCUT2D eigenvalue weighted by molar-refractivity contribution is 5.91. The van der Waals surface area contributed by atoms with E-state index in [2.05, 4.69) is 25.8 Å². The van der Waals surface area contributed by atoms with Crippen molar-refractivity contribution in [3.05, 3.63) is 57.8 Å². The molecule has 0 spiro atoms. The Bertz CT molecular complexity index is 1300. The lowest BCUT2D eigenvalue weighted by Gasteiger charge is -2.10. The molecule has 12 heteroatoms. The Labute approximate surface area is 156 Å². The summed E-state index contributed by atoms with van der Waals surface area (Å²) in [6.07, 6.45) is 2.87. The monoisotopic (exact) mass is 381 g/mol. The molecular formula is C16H15N9O3. The Balaban J connectivity index is 1.63. The van der Waals surface area contributed by atoms with E-state index in [4.69, 9.17) is 0 Å². The summed E-state index contributed by atoms with van der Waals surface area (Å²) in [5.74, 6) is -0.519. The number of carbonyl (C=O) groups excluding carboxylic acids is 1. The van der Waals surface area contributed by atoms with E-state index >= 15 is 0 Å². The first-order valence-corrected chi connectivity index (χ1v) is 8.20. The number of amides is 1. The molecule has 1 aromatic carbocycles. The van der Waals surface area contributed by atoms with Crippen LogP contribution >= 0.6 is 0 Å². The summed E-state index contributed by atoms with van der Waals surface area (Å²) in [5.41, 5.74) is 0.444. The van der Waals surface area contributed by atoms with Gasteiger partial charge in [-0.1, -0.05) is 6.07 Å². The van der Waals surface area contributed by atoms with Crippen molar-refractivity contribution in [2.24, 2.45) is 14.1 Å². The Kier molecular flexibility index (Phi) is 4.07. The van der Waals surface area contributed by atoms with Gasteiger partial charge in [0.2, 0.25) is 5.91 Å². The summed E-state index contributed by atoms with van der Waals surface area (Å²) in [5, 5.41) is 13.6. The average molecular weight is 381 g/mol. The van der Waals surface area contributed by atoms with Gasteiger partial charge in [-0.3, -0.25) is 14.2 Å². The summed E-state index contributed by atoms with van der Waals surface area (Å²) in [4.78, 5) is 41.7. The Morgan fingerprint density at radius 1 is 1.18 bits per heavy atom. The summed E-state index contributed by atoms with van der Waals surface area (Å²) in [6, 6.07) is 6.83. The summed E-state index contributed by atoms with van der Waals surface area (Å²) < 4.78 is 5.07. The predicted molar refractivity (Wildman–Crippen MR) is 98.0 cm³/mol. The molecule has 0 radical (unpaired) electrons. The number of fused-ring (bicyclic) bond motifs is 1. The molecular weight excluding hydrogens is 366 g/mol. The van der Waals surface area contributed by atoms with Crippen LogP contribution in [0.2, 0.25) is 0 Å². The molecule has 0 saturated heterocycles. The van der Waals surface area contributed by atoms with Crippen LogP contribution in [-0.2, 0) is 25.4 Å². The van der Waals surface area contributed by atoms with Crippen LogP contribution in [0.1, 0.15) is 0 Å². The number of anilines is 1. The molecule has 0 atom stereocenters. The minimum atomic E-state index is -0.617. The zero-order valence-corrected chi connectivity index (χ0v) is 15.0. The minimum absolute atomic E-state index is 0.246. The zero-order valence-electron chi connectivity index (χ0n) is 15.0. The molecule has 4 rings (SSSR count). The van der Waals surface area contributed by atoms with E-state index < -0.39 is 23.7 Å². The lowest BCUT2D eigenvalue weighted by molar-refractivity contribution is -0.116. The second-order valence-electron chi connectivity index (χ2n) is 6.11. The van der Waals surface area contributed by atoms with Gasteiger partial charge in [0.1, 0.15) is 12.9 Å². The molecule has 0 aliphatic rings. The van der Waals surface area contributed by atoms with Gasteiger partial charge < -0.3 is 9.88 Å². The molecule has 4 aromatic rings. The maximum Gasteiger partial charge on any atom is 0.332 e. The van der Waals surface area contributed by atoms with Crippen LogP contribution in [-0.4, -0.2) is 44.8 Å². The van der Waals surface area contributed by atoms with Crippen LogP contribution in [0.4, 0.5) is 5.69 Å². The predicted octanol–water partition coefficient (Wildman–Crippen LogP) is -0.952. The number of hydrogen-bond acceptors (Lipinski definition) is 7. The SMILES string of the molecule is Cn1cnc2c1c(=O)n(CC(=O)Nc1cccc(-n3cnnn3)c1)c(=O)n2C. The summed E-state index contributed by atoms with van der Waals surface area (Å²) in [6.45, 7) is -0.429. The van der Waals surface area contributed by atoms with Crippen molar-refractivity contribution in [1.82, 2.24) is 38.9 Å². The van der Waals surface area contributed by atoms with E-state index in [1.165, 1.54) is 33.5 Å². The maximum atomic E-state index is 12.7. The smallest absolute Gasteiger partial charge is 0.328 e. The first-order chi connectivity index (χ1) is 13.5. The van der Waals surface area contributed by atoms with Crippen LogP contribution < -0.4 is 16.6 Å². The van der Waals surface area contributed by atoms with Crippen molar-refractivity contribution < 1.29 is 4.79 Å². The van der Waals surface area contributed by atoms with Gasteiger partial charge in [-0.2, -0.15) is 0 Å². The standard InChI is InChI=1S/C16H15N9O3/c1-22-8-17-14-13(22)15(27)24(16(28)23(14)2)7-12(26)19-10-4-3-5-11(6-10)25-9-18-20-21-25/h3-6,8-9H,7H2,1-2H3,(H,19,26). The highest BCUT2D eigenvalue weighted by atomic mass is 16.2. The molecule has 0 aliphatic carbocycles. The van der Waals surface area contributed by atoms with E-state index in [0.717, 1.165) is 4.57 Å². The van der Waals surface area contributed by atoms with Gasteiger partial charge in [-0.15, -0.1) is 5.10 Å². The van der Waals surface area contributed by atoms with Crippen molar-refractivity contribution >= 4 is 22.8 Å². The van der Waals surface area contributed by atoms with Gasteiger partial charge in [0.25, 0.3) is 5.56 Å². The number of tetrazole rings is 1. The third-order valence-corrected chi connectivity index (χ3v) is 4.25. The fraction of sp³-hybridized carbons (Fsp3) is 0.188. The van der Waals surface area contributed by atoms with Crippen molar-refractivity contribution in [2.45, 2.75) is 6.54 Å². The van der Waals surface area contributed by atoms with E-state index in [0.29, 0.717) is 11.4 Å². The number of nitrogens with zero attached hydrogens (tertiary/aromatic N) is 8. The number of hydrogen-bond donors (Lipinski definition) is 1. The van der Waals surface area contributed by atoms with Crippen molar-refractivity contribution in [3.8, 4) is 5.69 Å². The van der Waals surface area contributed by atoms with Crippen molar-refractivity contribution in [3.63, 3.8) is 0 Å². The quantitative estimate of drug-likeness (QED) is 0.481. The Hall–Kier alpha value is -4.09. The molecule has 142 valence electrons. The van der Waals surface area contributed by atoms with E-state index in [1.54, 1.807) is 31.3 Å². The molecule has 1 amide bonds. The lowest BCUT2D eigenvalue weighted by atomic mass is 10.2. The second-order valence-corrected chi connectivity index (χ2v) is 6.11. The molecule has 0 saturated carbocycles. The molecule has 0 aliphatic heterocycles. The summed E-state index contributed by atoms with van der Waals surface area (Å²) >= 11 is 0. The van der Waals surface area contributed by atoms with Crippen molar-refractivity contribution in [2.75, 3.05) is 5.32 Å². The zero-order chi connectivity index (χ0) is 19.8. The first kappa shape index (κ1) is 17.3. The number of nitrogens with one attached hydrogen (secondary N) is 1. The van der Waals surface area contributed by atoms with E-state index in [9.17, 15) is 14.4 Å². The van der Waals surface area contributed by atoms with Gasteiger partial charge in [-0.05, 0) is 28.6 Å². The van der Waals surface area contributed by atoms with E-state index in [-0.39, 0.29) is 11.2 Å². The molecule has 28 heavy (non-hydrogen) atoms. The molecule has 3 heterocycles. The number of benzene rings is 1. The minimum Gasteiger partial charge on any atom is -0.328 e. The molecule has 0 fully saturated rings. The van der Waals surface area contributed by atoms with Gasteiger partial charge in [0, 0.05) is 19.8 Å². The maximum absolute atomic E-state index is 12.7. The number of carbonyl (C=O) groups is 1. The fourth-order valence-electron chi connectivity index (χ4n) is 2.89. The number of aromatic nitrogens is 8. The number of rotatable bonds is 4. The van der Waals surface area contributed by atoms with Gasteiger partial charge in [-0.25, -0.2) is 19.0 Å². The average Bonchev–Trinajstić information content (AvgIpc) is 3.34. The second kappa shape index (κ2) is 6.57. The van der Waals surface area contributed by atoms with Gasteiger partial charge >= 0.3 is 5.69 Å². The third kappa shape index (κ3) is 2.86. The first-order valence-electron chi connectivity index (χ1n) is 8.20. The van der Waals surface area contributed by atoms with Crippen molar-refractivity contribution in [1.29, 1.82) is 0 Å². The summed E-state index contributed by atoms with van der Waals surface area (Å²) in [7, 11) is 3.15. The van der Waals surface area contributed by atoms with Gasteiger partial charge in [0.05, 0.1) is 12.0 Å². The molecule has 12 nitrogen and oxygen atoms in total.